The van der Waals surface area contributed by atoms with Crippen molar-refractivity contribution >= 4 is 5.91 Å². The quantitative estimate of drug-likeness (QED) is 0.812. The van der Waals surface area contributed by atoms with Crippen LogP contribution in [0.4, 0.5) is 0 Å². The van der Waals surface area contributed by atoms with Crippen molar-refractivity contribution in [3.63, 3.8) is 0 Å². The van der Waals surface area contributed by atoms with Gasteiger partial charge in [-0.2, -0.15) is 0 Å². The highest BCUT2D eigenvalue weighted by Crippen LogP contribution is 2.21. The van der Waals surface area contributed by atoms with Crippen LogP contribution in [0.3, 0.4) is 0 Å². The van der Waals surface area contributed by atoms with E-state index in [9.17, 15) is 4.79 Å². The number of nitrogens with one attached hydrogen (secondary N) is 1. The van der Waals surface area contributed by atoms with Crippen LogP contribution in [-0.4, -0.2) is 40.1 Å². The average molecular weight is 222 g/mol. The Bertz CT molecular complexity index is 333. The van der Waals surface area contributed by atoms with Gasteiger partial charge in [0.05, 0.1) is 0 Å². The number of amides is 1. The average Bonchev–Trinajstić information content (AvgIpc) is 2.83. The summed E-state index contributed by atoms with van der Waals surface area (Å²) in [6, 6.07) is 3.83. The monoisotopic (exact) mass is 222 g/mol. The Kier molecular flexibility index (Phi) is 3.62. The SMILES string of the molecule is O=C(c1ccc[nH]1)N1CCCCC1CCO. The fourth-order valence-electron chi connectivity index (χ4n) is 2.34. The van der Waals surface area contributed by atoms with E-state index in [-0.39, 0.29) is 18.6 Å². The van der Waals surface area contributed by atoms with Crippen LogP contribution in [0.1, 0.15) is 36.2 Å². The Balaban J connectivity index is 2.08. The normalized spacial score (nSPS) is 21.1. The molecule has 2 N–H and O–H groups in total. The number of hydrogen-bond acceptors (Lipinski definition) is 2. The lowest BCUT2D eigenvalue weighted by Gasteiger charge is -2.35. The number of aliphatic hydroxyl groups is 1. The molecule has 88 valence electrons. The molecule has 1 fully saturated rings. The van der Waals surface area contributed by atoms with Crippen LogP contribution in [0.2, 0.25) is 0 Å². The molecular weight excluding hydrogens is 204 g/mol. The molecule has 0 saturated carbocycles. The number of aromatic nitrogens is 1. The maximum atomic E-state index is 12.2. The second-order valence-electron chi connectivity index (χ2n) is 4.24. The molecule has 1 aliphatic rings. The number of likely N-dealkylation sites (tertiary alicyclic amines) is 1. The van der Waals surface area contributed by atoms with Gasteiger partial charge < -0.3 is 15.0 Å². The summed E-state index contributed by atoms with van der Waals surface area (Å²) >= 11 is 0. The first-order valence-corrected chi connectivity index (χ1v) is 5.88. The van der Waals surface area contributed by atoms with Gasteiger partial charge in [-0.1, -0.05) is 0 Å². The van der Waals surface area contributed by atoms with Gasteiger partial charge >= 0.3 is 0 Å². The van der Waals surface area contributed by atoms with Gasteiger partial charge in [-0.05, 0) is 37.8 Å². The third kappa shape index (κ3) is 2.27. The highest BCUT2D eigenvalue weighted by Gasteiger charge is 2.27. The zero-order chi connectivity index (χ0) is 11.4. The van der Waals surface area contributed by atoms with E-state index in [0.717, 1.165) is 25.8 Å². The van der Waals surface area contributed by atoms with E-state index in [1.54, 1.807) is 12.3 Å². The predicted molar refractivity (Wildman–Crippen MR) is 61.2 cm³/mol. The summed E-state index contributed by atoms with van der Waals surface area (Å²) in [6.07, 6.45) is 5.67. The first-order valence-electron chi connectivity index (χ1n) is 5.88. The molecule has 0 aliphatic carbocycles. The first-order chi connectivity index (χ1) is 7.83. The number of rotatable bonds is 3. The molecule has 1 aromatic heterocycles. The summed E-state index contributed by atoms with van der Waals surface area (Å²) < 4.78 is 0. The summed E-state index contributed by atoms with van der Waals surface area (Å²) in [5.74, 6) is 0.0585. The Labute approximate surface area is 95.3 Å². The molecule has 16 heavy (non-hydrogen) atoms. The van der Waals surface area contributed by atoms with Crippen LogP contribution in [0.25, 0.3) is 0 Å². The van der Waals surface area contributed by atoms with Gasteiger partial charge in [-0.3, -0.25) is 4.79 Å². The van der Waals surface area contributed by atoms with Crippen molar-refractivity contribution in [1.29, 1.82) is 0 Å². The minimum Gasteiger partial charge on any atom is -0.396 e. The molecule has 1 aliphatic heterocycles. The van der Waals surface area contributed by atoms with Crippen molar-refractivity contribution in [2.75, 3.05) is 13.2 Å². The molecule has 0 radical (unpaired) electrons. The van der Waals surface area contributed by atoms with Gasteiger partial charge in [0, 0.05) is 25.4 Å². The molecule has 1 aromatic rings. The Morgan fingerprint density at radius 2 is 2.44 bits per heavy atom. The lowest BCUT2D eigenvalue weighted by molar-refractivity contribution is 0.0569. The standard InChI is InChI=1S/C12H18N2O2/c15-9-6-10-4-1-2-8-14(10)12(16)11-5-3-7-13-11/h3,5,7,10,13,15H,1-2,4,6,8-9H2. The first kappa shape index (κ1) is 11.2. The van der Waals surface area contributed by atoms with E-state index >= 15 is 0 Å². The van der Waals surface area contributed by atoms with E-state index in [1.807, 2.05) is 11.0 Å². The van der Waals surface area contributed by atoms with Crippen molar-refractivity contribution in [2.45, 2.75) is 31.7 Å². The summed E-state index contributed by atoms with van der Waals surface area (Å²) in [4.78, 5) is 17.0. The van der Waals surface area contributed by atoms with E-state index < -0.39 is 0 Å². The lowest BCUT2D eigenvalue weighted by Crippen LogP contribution is -2.44. The molecule has 1 saturated heterocycles. The molecule has 0 spiro atoms. The van der Waals surface area contributed by atoms with Crippen LogP contribution in [-0.2, 0) is 0 Å². The smallest absolute Gasteiger partial charge is 0.270 e. The fourth-order valence-corrected chi connectivity index (χ4v) is 2.34. The molecule has 1 atom stereocenters. The Morgan fingerprint density at radius 1 is 1.56 bits per heavy atom. The predicted octanol–water partition coefficient (Wildman–Crippen LogP) is 1.39. The van der Waals surface area contributed by atoms with Crippen LogP contribution in [0.15, 0.2) is 18.3 Å². The van der Waals surface area contributed by atoms with E-state index in [4.69, 9.17) is 5.11 Å². The van der Waals surface area contributed by atoms with Crippen molar-refractivity contribution in [3.05, 3.63) is 24.0 Å². The Morgan fingerprint density at radius 3 is 3.12 bits per heavy atom. The summed E-state index contributed by atoms with van der Waals surface area (Å²) in [5, 5.41) is 9.00. The van der Waals surface area contributed by atoms with Crippen LogP contribution in [0, 0.1) is 0 Å². The van der Waals surface area contributed by atoms with Gasteiger partial charge in [-0.25, -0.2) is 0 Å². The van der Waals surface area contributed by atoms with Gasteiger partial charge in [0.25, 0.3) is 5.91 Å². The molecule has 0 bridgehead atoms. The highest BCUT2D eigenvalue weighted by molar-refractivity contribution is 5.92. The minimum atomic E-state index is 0.0585. The molecule has 2 heterocycles. The fraction of sp³-hybridized carbons (Fsp3) is 0.583. The minimum absolute atomic E-state index is 0.0585. The summed E-state index contributed by atoms with van der Waals surface area (Å²) in [5.41, 5.74) is 0.643. The number of aliphatic hydroxyl groups excluding tert-OH is 1. The van der Waals surface area contributed by atoms with Crippen LogP contribution in [0.5, 0.6) is 0 Å². The molecule has 4 nitrogen and oxygen atoms in total. The summed E-state index contributed by atoms with van der Waals surface area (Å²) in [6.45, 7) is 0.960. The number of hydrogen-bond donors (Lipinski definition) is 2. The molecule has 1 unspecified atom stereocenters. The third-order valence-corrected chi connectivity index (χ3v) is 3.18. The topological polar surface area (TPSA) is 56.3 Å². The highest BCUT2D eigenvalue weighted by atomic mass is 16.3. The van der Waals surface area contributed by atoms with Gasteiger partial charge in [0.2, 0.25) is 0 Å². The molecule has 1 amide bonds. The number of aromatic amines is 1. The maximum Gasteiger partial charge on any atom is 0.270 e. The van der Waals surface area contributed by atoms with E-state index in [1.165, 1.54) is 0 Å². The molecule has 4 heteroatoms. The van der Waals surface area contributed by atoms with Crippen molar-refractivity contribution in [3.8, 4) is 0 Å². The van der Waals surface area contributed by atoms with Crippen LogP contribution >= 0.6 is 0 Å². The van der Waals surface area contributed by atoms with E-state index in [0.29, 0.717) is 12.1 Å². The van der Waals surface area contributed by atoms with Crippen molar-refractivity contribution in [1.82, 2.24) is 9.88 Å². The second-order valence-corrected chi connectivity index (χ2v) is 4.24. The maximum absolute atomic E-state index is 12.2. The van der Waals surface area contributed by atoms with Gasteiger partial charge in [-0.15, -0.1) is 0 Å². The molecule has 2 rings (SSSR count). The zero-order valence-corrected chi connectivity index (χ0v) is 9.35. The van der Waals surface area contributed by atoms with Gasteiger partial charge in [0.15, 0.2) is 0 Å². The largest absolute Gasteiger partial charge is 0.396 e. The zero-order valence-electron chi connectivity index (χ0n) is 9.35. The van der Waals surface area contributed by atoms with Gasteiger partial charge in [0.1, 0.15) is 5.69 Å². The van der Waals surface area contributed by atoms with Crippen molar-refractivity contribution < 1.29 is 9.90 Å². The molecular formula is C12H18N2O2. The molecule has 0 aromatic carbocycles. The lowest BCUT2D eigenvalue weighted by atomic mass is 9.99. The third-order valence-electron chi connectivity index (χ3n) is 3.18. The second kappa shape index (κ2) is 5.16. The van der Waals surface area contributed by atoms with Crippen LogP contribution < -0.4 is 0 Å². The number of carbonyl (C=O) groups excluding carboxylic acids is 1. The number of carbonyl (C=O) groups is 1. The number of piperidine rings is 1. The summed E-state index contributed by atoms with van der Waals surface area (Å²) in [7, 11) is 0. The number of nitrogens with zero attached hydrogens (tertiary/aromatic N) is 1. The number of H-pyrrole nitrogens is 1. The van der Waals surface area contributed by atoms with E-state index in [2.05, 4.69) is 4.98 Å². The van der Waals surface area contributed by atoms with Crippen molar-refractivity contribution in [2.24, 2.45) is 0 Å². The Hall–Kier alpha value is -1.29.